The summed E-state index contributed by atoms with van der Waals surface area (Å²) >= 11 is 0. The summed E-state index contributed by atoms with van der Waals surface area (Å²) in [7, 11) is 0. The van der Waals surface area contributed by atoms with Gasteiger partial charge >= 0.3 is 0 Å². The van der Waals surface area contributed by atoms with Crippen molar-refractivity contribution in [2.75, 3.05) is 42.5 Å². The Bertz CT molecular complexity index is 710. The van der Waals surface area contributed by atoms with E-state index in [2.05, 4.69) is 27.0 Å². The highest BCUT2D eigenvalue weighted by Crippen LogP contribution is 2.20. The number of piperazine rings is 1. The maximum Gasteiger partial charge on any atom is 0.269 e. The molecule has 5 nitrogen and oxygen atoms in total. The van der Waals surface area contributed by atoms with E-state index in [9.17, 15) is 9.18 Å². The highest BCUT2D eigenvalue weighted by Gasteiger charge is 2.18. The van der Waals surface area contributed by atoms with E-state index in [1.807, 2.05) is 18.2 Å². The number of carbonyl (C=O) groups excluding carboxylic acids is 1. The Kier molecular flexibility index (Phi) is 6.04. The van der Waals surface area contributed by atoms with Crippen molar-refractivity contribution in [2.24, 2.45) is 0 Å². The molecule has 1 N–H and O–H groups in total. The predicted molar refractivity (Wildman–Crippen MR) is 102 cm³/mol. The quantitative estimate of drug-likeness (QED) is 0.808. The number of nitrogens with one attached hydrogen (secondary N) is 1. The van der Waals surface area contributed by atoms with Crippen molar-refractivity contribution in [3.05, 3.63) is 54.1 Å². The largest absolute Gasteiger partial charge is 0.368 e. The first-order valence-electron chi connectivity index (χ1n) is 9.17. The number of hydrogen-bond donors (Lipinski definition) is 1. The molecule has 0 saturated carbocycles. The number of nitrogens with zero attached hydrogens (tertiary/aromatic N) is 3. The summed E-state index contributed by atoms with van der Waals surface area (Å²) in [6.07, 6.45) is 3.79. The molecule has 0 radical (unpaired) electrons. The lowest BCUT2D eigenvalue weighted by Gasteiger charge is -2.37. The monoisotopic (exact) mass is 356 g/mol. The van der Waals surface area contributed by atoms with Crippen LogP contribution in [0.4, 0.5) is 15.8 Å². The lowest BCUT2D eigenvalue weighted by Crippen LogP contribution is -2.46. The number of benzene rings is 1. The van der Waals surface area contributed by atoms with Crippen LogP contribution < -0.4 is 15.1 Å². The van der Waals surface area contributed by atoms with Gasteiger partial charge in [-0.2, -0.15) is 0 Å². The van der Waals surface area contributed by atoms with Gasteiger partial charge in [-0.3, -0.25) is 4.79 Å². The minimum atomic E-state index is -0.211. The molecule has 1 aliphatic heterocycles. The highest BCUT2D eigenvalue weighted by molar-refractivity contribution is 5.92. The molecule has 26 heavy (non-hydrogen) atoms. The van der Waals surface area contributed by atoms with Crippen LogP contribution in [-0.4, -0.2) is 43.6 Å². The molecule has 1 fully saturated rings. The number of amides is 1. The van der Waals surface area contributed by atoms with Gasteiger partial charge in [0.25, 0.3) is 5.91 Å². The van der Waals surface area contributed by atoms with E-state index < -0.39 is 0 Å². The molecule has 1 aromatic carbocycles. The molecule has 1 saturated heterocycles. The molecule has 0 bridgehead atoms. The molecule has 1 amide bonds. The second-order valence-corrected chi connectivity index (χ2v) is 6.46. The van der Waals surface area contributed by atoms with Crippen LogP contribution in [0.1, 0.15) is 30.3 Å². The van der Waals surface area contributed by atoms with Crippen molar-refractivity contribution in [1.29, 1.82) is 0 Å². The third-order valence-electron chi connectivity index (χ3n) is 4.63. The molecule has 6 heteroatoms. The molecule has 138 valence electrons. The summed E-state index contributed by atoms with van der Waals surface area (Å²) < 4.78 is 13.1. The molecule has 1 aromatic heterocycles. The van der Waals surface area contributed by atoms with Crippen molar-refractivity contribution in [1.82, 2.24) is 10.3 Å². The Morgan fingerprint density at radius 3 is 2.23 bits per heavy atom. The van der Waals surface area contributed by atoms with Crippen molar-refractivity contribution >= 4 is 17.3 Å². The SMILES string of the molecule is CCCCNC(=O)c1ccc(N2CCN(c3ccc(F)cc3)CC2)cn1. The second-order valence-electron chi connectivity index (χ2n) is 6.46. The summed E-state index contributed by atoms with van der Waals surface area (Å²) in [5.41, 5.74) is 2.52. The number of halogens is 1. The van der Waals surface area contributed by atoms with Gasteiger partial charge in [0.15, 0.2) is 0 Å². The fraction of sp³-hybridized carbons (Fsp3) is 0.400. The predicted octanol–water partition coefficient (Wildman–Crippen LogP) is 3.08. The van der Waals surface area contributed by atoms with Gasteiger partial charge in [0, 0.05) is 38.4 Å². The molecule has 2 aromatic rings. The number of aromatic nitrogens is 1. The minimum absolute atomic E-state index is 0.119. The van der Waals surface area contributed by atoms with Crippen LogP contribution in [-0.2, 0) is 0 Å². The average molecular weight is 356 g/mol. The topological polar surface area (TPSA) is 48.5 Å². The third kappa shape index (κ3) is 4.50. The average Bonchev–Trinajstić information content (AvgIpc) is 2.69. The van der Waals surface area contributed by atoms with E-state index >= 15 is 0 Å². The Balaban J connectivity index is 1.54. The lowest BCUT2D eigenvalue weighted by atomic mass is 10.2. The fourth-order valence-corrected chi connectivity index (χ4v) is 3.05. The number of pyridine rings is 1. The van der Waals surface area contributed by atoms with E-state index in [-0.39, 0.29) is 11.7 Å². The van der Waals surface area contributed by atoms with Crippen LogP contribution in [0.15, 0.2) is 42.6 Å². The van der Waals surface area contributed by atoms with Crippen LogP contribution in [0.25, 0.3) is 0 Å². The van der Waals surface area contributed by atoms with Gasteiger partial charge in [-0.05, 0) is 42.8 Å². The van der Waals surface area contributed by atoms with Crippen molar-refractivity contribution in [3.8, 4) is 0 Å². The number of carbonyl (C=O) groups is 1. The molecule has 0 spiro atoms. The van der Waals surface area contributed by atoms with Gasteiger partial charge in [0.2, 0.25) is 0 Å². The lowest BCUT2D eigenvalue weighted by molar-refractivity contribution is 0.0948. The minimum Gasteiger partial charge on any atom is -0.368 e. The number of anilines is 2. The number of hydrogen-bond acceptors (Lipinski definition) is 4. The summed E-state index contributed by atoms with van der Waals surface area (Å²) in [5, 5.41) is 2.88. The van der Waals surface area contributed by atoms with E-state index in [1.165, 1.54) is 12.1 Å². The molecule has 2 heterocycles. The second kappa shape index (κ2) is 8.65. The molecule has 1 aliphatic rings. The van der Waals surface area contributed by atoms with Crippen LogP contribution in [0.3, 0.4) is 0 Å². The highest BCUT2D eigenvalue weighted by atomic mass is 19.1. The summed E-state index contributed by atoms with van der Waals surface area (Å²) in [6, 6.07) is 10.4. The first-order chi connectivity index (χ1) is 12.7. The first kappa shape index (κ1) is 18.2. The van der Waals surface area contributed by atoms with E-state index in [0.717, 1.165) is 50.4 Å². The zero-order valence-corrected chi connectivity index (χ0v) is 15.1. The molecule has 3 rings (SSSR count). The zero-order chi connectivity index (χ0) is 18.4. The van der Waals surface area contributed by atoms with Crippen LogP contribution >= 0.6 is 0 Å². The van der Waals surface area contributed by atoms with Gasteiger partial charge in [0.05, 0.1) is 11.9 Å². The van der Waals surface area contributed by atoms with E-state index in [4.69, 9.17) is 0 Å². The standard InChI is InChI=1S/C20H25FN4O/c1-2-3-10-22-20(26)19-9-8-18(15-23-19)25-13-11-24(12-14-25)17-6-4-16(21)5-7-17/h4-9,15H,2-3,10-14H2,1H3,(H,22,26). The van der Waals surface area contributed by atoms with Crippen molar-refractivity contribution in [3.63, 3.8) is 0 Å². The van der Waals surface area contributed by atoms with E-state index in [1.54, 1.807) is 12.3 Å². The Morgan fingerprint density at radius 1 is 1.04 bits per heavy atom. The number of rotatable bonds is 6. The first-order valence-corrected chi connectivity index (χ1v) is 9.17. The van der Waals surface area contributed by atoms with Gasteiger partial charge in [-0.25, -0.2) is 9.37 Å². The van der Waals surface area contributed by atoms with Gasteiger partial charge < -0.3 is 15.1 Å². The smallest absolute Gasteiger partial charge is 0.269 e. The Hall–Kier alpha value is -2.63. The normalized spacial score (nSPS) is 14.4. The number of unbranched alkanes of at least 4 members (excludes halogenated alkanes) is 1. The maximum absolute atomic E-state index is 13.1. The van der Waals surface area contributed by atoms with Crippen LogP contribution in [0.5, 0.6) is 0 Å². The van der Waals surface area contributed by atoms with Gasteiger partial charge in [-0.1, -0.05) is 13.3 Å². The van der Waals surface area contributed by atoms with Crippen molar-refractivity contribution < 1.29 is 9.18 Å². The van der Waals surface area contributed by atoms with Crippen LogP contribution in [0, 0.1) is 5.82 Å². The van der Waals surface area contributed by atoms with Crippen molar-refractivity contribution in [2.45, 2.75) is 19.8 Å². The summed E-state index contributed by atoms with van der Waals surface area (Å²) in [6.45, 7) is 6.23. The van der Waals surface area contributed by atoms with Gasteiger partial charge in [0.1, 0.15) is 11.5 Å². The maximum atomic E-state index is 13.1. The van der Waals surface area contributed by atoms with Gasteiger partial charge in [-0.15, -0.1) is 0 Å². The summed E-state index contributed by atoms with van der Waals surface area (Å²) in [4.78, 5) is 20.8. The zero-order valence-electron chi connectivity index (χ0n) is 15.1. The van der Waals surface area contributed by atoms with Crippen LogP contribution in [0.2, 0.25) is 0 Å². The Labute approximate surface area is 153 Å². The molecule has 0 unspecified atom stereocenters. The fourth-order valence-electron chi connectivity index (χ4n) is 3.05. The molecule has 0 atom stereocenters. The molecular weight excluding hydrogens is 331 g/mol. The third-order valence-corrected chi connectivity index (χ3v) is 4.63. The molecular formula is C20H25FN4O. The summed E-state index contributed by atoms with van der Waals surface area (Å²) in [5.74, 6) is -0.330. The molecule has 0 aliphatic carbocycles. The van der Waals surface area contributed by atoms with E-state index in [0.29, 0.717) is 12.2 Å². The Morgan fingerprint density at radius 2 is 1.65 bits per heavy atom.